The van der Waals surface area contributed by atoms with Crippen molar-refractivity contribution in [2.45, 2.75) is 26.3 Å². The maximum atomic E-state index is 11.4. The molecule has 1 aromatic rings. The predicted molar refractivity (Wildman–Crippen MR) is 72.8 cm³/mol. The first-order valence-corrected chi connectivity index (χ1v) is 6.25. The zero-order valence-electron chi connectivity index (χ0n) is 11.3. The van der Waals surface area contributed by atoms with Gasteiger partial charge in [-0.05, 0) is 44.5 Å². The molecule has 0 aliphatic carbocycles. The van der Waals surface area contributed by atoms with Crippen molar-refractivity contribution in [2.24, 2.45) is 0 Å². The summed E-state index contributed by atoms with van der Waals surface area (Å²) < 4.78 is 5.09. The number of rotatable bonds is 7. The molecule has 0 aliphatic rings. The molecule has 4 nitrogen and oxygen atoms in total. The number of nitrogens with one attached hydrogen (secondary N) is 2. The molecule has 100 valence electrons. The van der Waals surface area contributed by atoms with Crippen molar-refractivity contribution in [3.8, 4) is 5.75 Å². The van der Waals surface area contributed by atoms with E-state index in [0.717, 1.165) is 18.7 Å². The van der Waals surface area contributed by atoms with Gasteiger partial charge in [0.2, 0.25) is 5.91 Å². The minimum atomic E-state index is 0.0414. The van der Waals surface area contributed by atoms with Crippen LogP contribution in [-0.4, -0.2) is 32.1 Å². The van der Waals surface area contributed by atoms with Crippen LogP contribution in [0.5, 0.6) is 5.75 Å². The Morgan fingerprint density at radius 1 is 1.28 bits per heavy atom. The van der Waals surface area contributed by atoms with E-state index < -0.39 is 0 Å². The van der Waals surface area contributed by atoms with Crippen molar-refractivity contribution in [2.75, 3.05) is 20.2 Å². The van der Waals surface area contributed by atoms with Crippen LogP contribution in [0.25, 0.3) is 0 Å². The van der Waals surface area contributed by atoms with Crippen LogP contribution < -0.4 is 15.4 Å². The molecule has 1 amide bonds. The van der Waals surface area contributed by atoms with E-state index in [4.69, 9.17) is 4.74 Å². The quantitative estimate of drug-likeness (QED) is 0.718. The first-order chi connectivity index (χ1) is 8.61. The van der Waals surface area contributed by atoms with E-state index in [0.29, 0.717) is 6.54 Å². The highest BCUT2D eigenvalue weighted by Crippen LogP contribution is 2.11. The third kappa shape index (κ3) is 5.68. The second-order valence-electron chi connectivity index (χ2n) is 4.50. The largest absolute Gasteiger partial charge is 0.497 e. The number of hydrogen-bond acceptors (Lipinski definition) is 3. The lowest BCUT2D eigenvalue weighted by molar-refractivity contribution is -0.120. The second-order valence-corrected chi connectivity index (χ2v) is 4.50. The summed E-state index contributed by atoms with van der Waals surface area (Å²) in [4.78, 5) is 11.4. The minimum absolute atomic E-state index is 0.0414. The van der Waals surface area contributed by atoms with E-state index in [-0.39, 0.29) is 11.9 Å². The monoisotopic (exact) mass is 250 g/mol. The fourth-order valence-corrected chi connectivity index (χ4v) is 1.60. The summed E-state index contributed by atoms with van der Waals surface area (Å²) in [5.74, 6) is 0.905. The average molecular weight is 250 g/mol. The Labute approximate surface area is 109 Å². The van der Waals surface area contributed by atoms with Gasteiger partial charge < -0.3 is 15.4 Å². The SMILES string of the molecule is COc1ccc(CCNCC(=O)NC(C)C)cc1. The van der Waals surface area contributed by atoms with E-state index in [9.17, 15) is 4.79 Å². The van der Waals surface area contributed by atoms with Crippen molar-refractivity contribution in [3.05, 3.63) is 29.8 Å². The van der Waals surface area contributed by atoms with Gasteiger partial charge in [-0.25, -0.2) is 0 Å². The summed E-state index contributed by atoms with van der Waals surface area (Å²) in [5, 5.41) is 5.96. The lowest BCUT2D eigenvalue weighted by Crippen LogP contribution is -2.38. The zero-order valence-corrected chi connectivity index (χ0v) is 11.3. The molecule has 0 saturated heterocycles. The number of methoxy groups -OCH3 is 1. The molecule has 0 atom stereocenters. The van der Waals surface area contributed by atoms with Crippen LogP contribution in [0.2, 0.25) is 0 Å². The fourth-order valence-electron chi connectivity index (χ4n) is 1.60. The van der Waals surface area contributed by atoms with Gasteiger partial charge in [0.1, 0.15) is 5.75 Å². The number of benzene rings is 1. The summed E-state index contributed by atoms with van der Waals surface area (Å²) in [5.41, 5.74) is 1.23. The zero-order chi connectivity index (χ0) is 13.4. The summed E-state index contributed by atoms with van der Waals surface area (Å²) in [6.45, 7) is 5.07. The van der Waals surface area contributed by atoms with Crippen molar-refractivity contribution in [3.63, 3.8) is 0 Å². The highest BCUT2D eigenvalue weighted by Gasteiger charge is 2.01. The van der Waals surface area contributed by atoms with Gasteiger partial charge in [-0.15, -0.1) is 0 Å². The summed E-state index contributed by atoms with van der Waals surface area (Å²) in [6.07, 6.45) is 0.902. The third-order valence-electron chi connectivity index (χ3n) is 2.48. The Morgan fingerprint density at radius 3 is 2.50 bits per heavy atom. The first kappa shape index (κ1) is 14.5. The average Bonchev–Trinajstić information content (AvgIpc) is 2.34. The third-order valence-corrected chi connectivity index (χ3v) is 2.48. The van der Waals surface area contributed by atoms with Gasteiger partial charge in [-0.3, -0.25) is 4.79 Å². The number of ether oxygens (including phenoxy) is 1. The molecule has 0 saturated carbocycles. The van der Waals surface area contributed by atoms with Gasteiger partial charge in [0.25, 0.3) is 0 Å². The fraction of sp³-hybridized carbons (Fsp3) is 0.500. The summed E-state index contributed by atoms with van der Waals surface area (Å²) >= 11 is 0. The van der Waals surface area contributed by atoms with Crippen molar-refractivity contribution < 1.29 is 9.53 Å². The Hall–Kier alpha value is -1.55. The van der Waals surface area contributed by atoms with Gasteiger partial charge in [-0.1, -0.05) is 12.1 Å². The van der Waals surface area contributed by atoms with Crippen LogP contribution in [0.15, 0.2) is 24.3 Å². The summed E-state index contributed by atoms with van der Waals surface area (Å²) in [7, 11) is 1.66. The van der Waals surface area contributed by atoms with Crippen molar-refractivity contribution in [1.82, 2.24) is 10.6 Å². The van der Waals surface area contributed by atoms with Crippen LogP contribution >= 0.6 is 0 Å². The number of amides is 1. The first-order valence-electron chi connectivity index (χ1n) is 6.25. The van der Waals surface area contributed by atoms with Crippen LogP contribution in [0, 0.1) is 0 Å². The Bertz CT molecular complexity index is 361. The molecule has 18 heavy (non-hydrogen) atoms. The Balaban J connectivity index is 2.19. The van der Waals surface area contributed by atoms with E-state index in [1.807, 2.05) is 38.1 Å². The molecular weight excluding hydrogens is 228 g/mol. The van der Waals surface area contributed by atoms with Gasteiger partial charge in [0.05, 0.1) is 13.7 Å². The van der Waals surface area contributed by atoms with Crippen LogP contribution in [0.1, 0.15) is 19.4 Å². The normalized spacial score (nSPS) is 10.4. The van der Waals surface area contributed by atoms with Gasteiger partial charge in [0, 0.05) is 6.04 Å². The van der Waals surface area contributed by atoms with E-state index in [1.165, 1.54) is 5.56 Å². The standard InChI is InChI=1S/C14H22N2O2/c1-11(2)16-14(17)10-15-9-8-12-4-6-13(18-3)7-5-12/h4-7,11,15H,8-10H2,1-3H3,(H,16,17). The molecule has 0 aromatic heterocycles. The molecule has 0 unspecified atom stereocenters. The smallest absolute Gasteiger partial charge is 0.234 e. The molecule has 0 fully saturated rings. The highest BCUT2D eigenvalue weighted by atomic mass is 16.5. The Morgan fingerprint density at radius 2 is 1.94 bits per heavy atom. The Kier molecular flexibility index (Phi) is 6.22. The summed E-state index contributed by atoms with van der Waals surface area (Å²) in [6, 6.07) is 8.16. The predicted octanol–water partition coefficient (Wildman–Crippen LogP) is 1.35. The lowest BCUT2D eigenvalue weighted by atomic mass is 10.1. The second kappa shape index (κ2) is 7.71. The highest BCUT2D eigenvalue weighted by molar-refractivity contribution is 5.78. The maximum absolute atomic E-state index is 11.4. The minimum Gasteiger partial charge on any atom is -0.497 e. The molecule has 0 heterocycles. The van der Waals surface area contributed by atoms with E-state index >= 15 is 0 Å². The lowest BCUT2D eigenvalue weighted by Gasteiger charge is -2.09. The van der Waals surface area contributed by atoms with Crippen molar-refractivity contribution in [1.29, 1.82) is 0 Å². The van der Waals surface area contributed by atoms with Gasteiger partial charge in [-0.2, -0.15) is 0 Å². The molecule has 1 rings (SSSR count). The number of carbonyl (C=O) groups is 1. The number of carbonyl (C=O) groups excluding carboxylic acids is 1. The molecule has 0 spiro atoms. The number of hydrogen-bond donors (Lipinski definition) is 2. The van der Waals surface area contributed by atoms with Gasteiger partial charge in [0.15, 0.2) is 0 Å². The maximum Gasteiger partial charge on any atom is 0.234 e. The molecule has 2 N–H and O–H groups in total. The van der Waals surface area contributed by atoms with Crippen LogP contribution in [-0.2, 0) is 11.2 Å². The molecule has 1 aromatic carbocycles. The van der Waals surface area contributed by atoms with Crippen LogP contribution in [0.3, 0.4) is 0 Å². The van der Waals surface area contributed by atoms with E-state index in [2.05, 4.69) is 10.6 Å². The topological polar surface area (TPSA) is 50.4 Å². The molecule has 4 heteroatoms. The molecule has 0 radical (unpaired) electrons. The molecular formula is C14H22N2O2. The van der Waals surface area contributed by atoms with Crippen molar-refractivity contribution >= 4 is 5.91 Å². The van der Waals surface area contributed by atoms with E-state index in [1.54, 1.807) is 7.11 Å². The van der Waals surface area contributed by atoms with Crippen LogP contribution in [0.4, 0.5) is 0 Å². The molecule has 0 aliphatic heterocycles. The molecule has 0 bridgehead atoms. The van der Waals surface area contributed by atoms with Gasteiger partial charge >= 0.3 is 0 Å².